The number of benzene rings is 1. The van der Waals surface area contributed by atoms with Crippen LogP contribution in [0.1, 0.15) is 54.4 Å². The van der Waals surface area contributed by atoms with Gasteiger partial charge in [0.25, 0.3) is 0 Å². The molecule has 2 N–H and O–H groups in total. The lowest BCUT2D eigenvalue weighted by atomic mass is 9.89. The zero-order valence-corrected chi connectivity index (χ0v) is 13.3. The van der Waals surface area contributed by atoms with E-state index in [4.69, 9.17) is 10.5 Å². The molecule has 3 unspecified atom stereocenters. The Labute approximate surface area is 130 Å². The summed E-state index contributed by atoms with van der Waals surface area (Å²) in [5, 5.41) is 2.10. The molecular formula is C18H23NOS. The van der Waals surface area contributed by atoms with E-state index in [0.29, 0.717) is 0 Å². The van der Waals surface area contributed by atoms with Gasteiger partial charge in [-0.25, -0.2) is 0 Å². The van der Waals surface area contributed by atoms with Crippen molar-refractivity contribution in [2.45, 2.75) is 50.9 Å². The Morgan fingerprint density at radius 3 is 2.90 bits per heavy atom. The molecule has 0 saturated heterocycles. The van der Waals surface area contributed by atoms with E-state index in [0.717, 1.165) is 12.8 Å². The van der Waals surface area contributed by atoms with E-state index in [1.807, 2.05) is 0 Å². The summed E-state index contributed by atoms with van der Waals surface area (Å²) in [6.45, 7) is 2.13. The van der Waals surface area contributed by atoms with E-state index in [2.05, 4.69) is 48.7 Å². The first-order valence-corrected chi connectivity index (χ1v) is 8.69. The van der Waals surface area contributed by atoms with Crippen molar-refractivity contribution < 1.29 is 4.74 Å². The molecule has 3 heteroatoms. The topological polar surface area (TPSA) is 35.2 Å². The molecule has 0 radical (unpaired) electrons. The van der Waals surface area contributed by atoms with Crippen LogP contribution in [-0.2, 0) is 11.2 Å². The minimum Gasteiger partial charge on any atom is -0.363 e. The van der Waals surface area contributed by atoms with E-state index in [1.54, 1.807) is 11.3 Å². The summed E-state index contributed by atoms with van der Waals surface area (Å²) in [5.74, 6) is 0. The van der Waals surface area contributed by atoms with E-state index >= 15 is 0 Å². The normalized spacial score (nSPS) is 20.8. The first kappa shape index (κ1) is 14.8. The van der Waals surface area contributed by atoms with Gasteiger partial charge < -0.3 is 10.5 Å². The lowest BCUT2D eigenvalue weighted by Crippen LogP contribution is -2.30. The molecule has 1 aliphatic rings. The highest BCUT2D eigenvalue weighted by Crippen LogP contribution is 2.38. The van der Waals surface area contributed by atoms with Crippen molar-refractivity contribution in [3.05, 3.63) is 57.8 Å². The third-order valence-corrected chi connectivity index (χ3v) is 5.24. The average Bonchev–Trinajstić information content (AvgIpc) is 3.06. The predicted molar refractivity (Wildman–Crippen MR) is 88.5 cm³/mol. The van der Waals surface area contributed by atoms with Crippen molar-refractivity contribution in [2.75, 3.05) is 0 Å². The van der Waals surface area contributed by atoms with Crippen LogP contribution >= 0.6 is 11.3 Å². The standard InChI is InChI=1S/C18H23NOS/c1-2-15(19)18(17-11-6-12-21-17)20-16-10-5-8-13-7-3-4-9-14(13)16/h3-4,6-7,9,11-12,15-16,18H,2,5,8,10,19H2,1H3. The van der Waals surface area contributed by atoms with Gasteiger partial charge in [-0.3, -0.25) is 0 Å². The van der Waals surface area contributed by atoms with Crippen LogP contribution in [0, 0.1) is 0 Å². The maximum atomic E-state index is 6.50. The van der Waals surface area contributed by atoms with Gasteiger partial charge in [0.15, 0.2) is 0 Å². The zero-order chi connectivity index (χ0) is 14.7. The average molecular weight is 301 g/mol. The van der Waals surface area contributed by atoms with Crippen LogP contribution in [0.3, 0.4) is 0 Å². The molecule has 3 atom stereocenters. The van der Waals surface area contributed by atoms with Gasteiger partial charge in [0.2, 0.25) is 0 Å². The Hall–Kier alpha value is -1.16. The lowest BCUT2D eigenvalue weighted by Gasteiger charge is -2.31. The minimum atomic E-state index is 0.00570. The Morgan fingerprint density at radius 2 is 2.14 bits per heavy atom. The van der Waals surface area contributed by atoms with Crippen LogP contribution in [0.2, 0.25) is 0 Å². The van der Waals surface area contributed by atoms with Crippen molar-refractivity contribution in [3.8, 4) is 0 Å². The van der Waals surface area contributed by atoms with E-state index < -0.39 is 0 Å². The third kappa shape index (κ3) is 3.20. The fraction of sp³-hybridized carbons (Fsp3) is 0.444. The van der Waals surface area contributed by atoms with Crippen LogP contribution in [0.4, 0.5) is 0 Å². The van der Waals surface area contributed by atoms with Crippen molar-refractivity contribution in [1.29, 1.82) is 0 Å². The van der Waals surface area contributed by atoms with Gasteiger partial charge >= 0.3 is 0 Å². The van der Waals surface area contributed by atoms with Crippen LogP contribution in [-0.4, -0.2) is 6.04 Å². The monoisotopic (exact) mass is 301 g/mol. The molecule has 0 spiro atoms. The summed E-state index contributed by atoms with van der Waals surface area (Å²) in [5.41, 5.74) is 9.12. The number of nitrogens with two attached hydrogens (primary N) is 1. The Bertz CT molecular complexity index is 566. The number of aryl methyl sites for hydroxylation is 1. The van der Waals surface area contributed by atoms with Gasteiger partial charge in [0, 0.05) is 10.9 Å². The van der Waals surface area contributed by atoms with Gasteiger partial charge in [-0.1, -0.05) is 37.3 Å². The summed E-state index contributed by atoms with van der Waals surface area (Å²) in [6, 6.07) is 12.9. The quantitative estimate of drug-likeness (QED) is 0.874. The molecular weight excluding hydrogens is 278 g/mol. The summed E-state index contributed by atoms with van der Waals surface area (Å²) in [6.07, 6.45) is 4.57. The molecule has 1 heterocycles. The van der Waals surface area contributed by atoms with Gasteiger partial charge in [0.1, 0.15) is 6.10 Å². The molecule has 0 amide bonds. The molecule has 2 aromatic rings. The minimum absolute atomic E-state index is 0.00570. The van der Waals surface area contributed by atoms with Gasteiger partial charge in [-0.2, -0.15) is 0 Å². The molecule has 3 rings (SSSR count). The molecule has 1 aromatic heterocycles. The molecule has 112 valence electrons. The fourth-order valence-corrected chi connectivity index (χ4v) is 3.91. The van der Waals surface area contributed by atoms with Gasteiger partial charge in [-0.15, -0.1) is 11.3 Å². The molecule has 0 bridgehead atoms. The molecule has 2 nitrogen and oxygen atoms in total. The summed E-state index contributed by atoms with van der Waals surface area (Å²) >= 11 is 1.74. The zero-order valence-electron chi connectivity index (χ0n) is 12.5. The Balaban J connectivity index is 1.84. The predicted octanol–water partition coefficient (Wildman–Crippen LogP) is 4.62. The number of rotatable bonds is 5. The highest BCUT2D eigenvalue weighted by Gasteiger charge is 2.28. The SMILES string of the molecule is CCC(N)C(OC1CCCc2ccccc21)c1cccs1. The van der Waals surface area contributed by atoms with Crippen LogP contribution in [0.25, 0.3) is 0 Å². The molecule has 1 aliphatic carbocycles. The maximum absolute atomic E-state index is 6.50. The number of ether oxygens (including phenoxy) is 1. The lowest BCUT2D eigenvalue weighted by molar-refractivity contribution is -0.0354. The van der Waals surface area contributed by atoms with Crippen molar-refractivity contribution in [3.63, 3.8) is 0 Å². The summed E-state index contributed by atoms with van der Waals surface area (Å²) < 4.78 is 6.50. The second kappa shape index (κ2) is 6.73. The Morgan fingerprint density at radius 1 is 1.29 bits per heavy atom. The number of hydrogen-bond acceptors (Lipinski definition) is 3. The summed E-state index contributed by atoms with van der Waals surface area (Å²) in [4.78, 5) is 1.24. The smallest absolute Gasteiger partial charge is 0.107 e. The molecule has 1 aromatic carbocycles. The van der Waals surface area contributed by atoms with Crippen LogP contribution in [0.5, 0.6) is 0 Å². The highest BCUT2D eigenvalue weighted by atomic mass is 32.1. The molecule has 0 fully saturated rings. The number of thiophene rings is 1. The number of fused-ring (bicyclic) bond motifs is 1. The molecule has 0 aliphatic heterocycles. The van der Waals surface area contributed by atoms with Gasteiger partial charge in [0.05, 0.1) is 6.10 Å². The maximum Gasteiger partial charge on any atom is 0.107 e. The molecule has 21 heavy (non-hydrogen) atoms. The first-order chi connectivity index (χ1) is 10.3. The first-order valence-electron chi connectivity index (χ1n) is 7.82. The van der Waals surface area contributed by atoms with Crippen LogP contribution < -0.4 is 5.73 Å². The van der Waals surface area contributed by atoms with Crippen LogP contribution in [0.15, 0.2) is 41.8 Å². The summed E-state index contributed by atoms with van der Waals surface area (Å²) in [7, 11) is 0. The van der Waals surface area contributed by atoms with Gasteiger partial charge in [-0.05, 0) is 48.3 Å². The van der Waals surface area contributed by atoms with E-state index in [1.165, 1.54) is 28.8 Å². The Kier molecular flexibility index (Phi) is 4.73. The third-order valence-electron chi connectivity index (χ3n) is 4.31. The second-order valence-electron chi connectivity index (χ2n) is 5.72. The largest absolute Gasteiger partial charge is 0.363 e. The van der Waals surface area contributed by atoms with Crippen molar-refractivity contribution in [2.24, 2.45) is 5.73 Å². The van der Waals surface area contributed by atoms with Crippen molar-refractivity contribution in [1.82, 2.24) is 0 Å². The highest BCUT2D eigenvalue weighted by molar-refractivity contribution is 7.10. The van der Waals surface area contributed by atoms with E-state index in [9.17, 15) is 0 Å². The molecule has 0 saturated carbocycles. The second-order valence-corrected chi connectivity index (χ2v) is 6.70. The fourth-order valence-electron chi connectivity index (χ4n) is 3.07. The number of hydrogen-bond donors (Lipinski definition) is 1. The van der Waals surface area contributed by atoms with Crippen molar-refractivity contribution >= 4 is 11.3 Å². The van der Waals surface area contributed by atoms with E-state index in [-0.39, 0.29) is 18.2 Å².